The van der Waals surface area contributed by atoms with Crippen LogP contribution < -0.4 is 0 Å². The number of rotatable bonds is 72. The lowest BCUT2D eigenvalue weighted by atomic mass is 10.0. The van der Waals surface area contributed by atoms with Crippen molar-refractivity contribution >= 4 is 39.5 Å². The molecule has 0 fully saturated rings. The zero-order valence-corrected chi connectivity index (χ0v) is 62.5. The third-order valence-corrected chi connectivity index (χ3v) is 19.0. The third-order valence-electron chi connectivity index (χ3n) is 17.1. The number of unbranched alkanes of at least 4 members (excludes halogenated alkanes) is 40. The van der Waals surface area contributed by atoms with Crippen molar-refractivity contribution in [3.63, 3.8) is 0 Å². The maximum Gasteiger partial charge on any atom is 0.472 e. The van der Waals surface area contributed by atoms with Crippen molar-refractivity contribution < 1.29 is 80.2 Å². The second-order valence-corrected chi connectivity index (χ2v) is 31.0. The fourth-order valence-electron chi connectivity index (χ4n) is 11.2. The molecule has 0 heterocycles. The van der Waals surface area contributed by atoms with E-state index in [1.165, 1.54) is 180 Å². The van der Waals surface area contributed by atoms with Gasteiger partial charge in [0, 0.05) is 25.7 Å². The fraction of sp³-hybridized carbons (Fsp3) is 0.946. The predicted molar refractivity (Wildman–Crippen MR) is 377 cm³/mol. The number of aliphatic hydroxyl groups is 1. The molecular formula is C74H144O17P2. The van der Waals surface area contributed by atoms with Gasteiger partial charge in [-0.15, -0.1) is 0 Å². The molecule has 0 rings (SSSR count). The molecule has 0 aliphatic rings. The summed E-state index contributed by atoms with van der Waals surface area (Å²) < 4.78 is 68.3. The zero-order chi connectivity index (χ0) is 68.7. The van der Waals surface area contributed by atoms with Crippen molar-refractivity contribution in [1.82, 2.24) is 0 Å². The molecule has 0 aliphatic heterocycles. The van der Waals surface area contributed by atoms with E-state index in [0.717, 1.165) is 102 Å². The minimum atomic E-state index is -4.96. The average molecular weight is 1370 g/mol. The average Bonchev–Trinajstić information content (AvgIpc) is 3.45. The molecule has 3 N–H and O–H groups in total. The quantitative estimate of drug-likeness (QED) is 0.0222. The second kappa shape index (κ2) is 64.7. The lowest BCUT2D eigenvalue weighted by molar-refractivity contribution is -0.161. The Morgan fingerprint density at radius 1 is 0.290 bits per heavy atom. The van der Waals surface area contributed by atoms with Crippen LogP contribution in [0.4, 0.5) is 0 Å². The molecule has 19 heteroatoms. The molecule has 5 atom stereocenters. The first kappa shape index (κ1) is 91.1. The highest BCUT2D eigenvalue weighted by atomic mass is 31.2. The van der Waals surface area contributed by atoms with Crippen LogP contribution in [0.3, 0.4) is 0 Å². The first-order chi connectivity index (χ1) is 44.7. The summed E-state index contributed by atoms with van der Waals surface area (Å²) in [5, 5.41) is 10.6. The van der Waals surface area contributed by atoms with Crippen molar-refractivity contribution in [3.8, 4) is 0 Å². The van der Waals surface area contributed by atoms with Crippen LogP contribution in [0.25, 0.3) is 0 Å². The summed E-state index contributed by atoms with van der Waals surface area (Å²) in [6, 6.07) is 0. The highest BCUT2D eigenvalue weighted by Crippen LogP contribution is 2.45. The van der Waals surface area contributed by atoms with E-state index in [4.69, 9.17) is 37.0 Å². The van der Waals surface area contributed by atoms with Crippen LogP contribution >= 0.6 is 15.6 Å². The van der Waals surface area contributed by atoms with Crippen molar-refractivity contribution in [2.75, 3.05) is 39.6 Å². The van der Waals surface area contributed by atoms with Gasteiger partial charge in [0.15, 0.2) is 12.2 Å². The standard InChI is InChI=1S/C74H144O17P2/c1-8-9-10-11-12-13-14-15-16-17-18-19-20-21-22-23-24-29-34-43-50-57-73(78)90-69(61-84-71(76)55-48-41-33-28-26-25-27-31-38-45-52-65(2)3)63-88-92(80,81)86-59-68(75)60-87-93(82,83)89-64-70(62-85-72(77)56-49-42-37-36-40-47-54-67(6)7)91-74(79)58-51-44-35-30-32-39-46-53-66(4)5/h65-70,75H,8-64H2,1-7H3,(H,80,81)(H,82,83)/t68-,69-,70-/m1/s1. The van der Waals surface area contributed by atoms with Crippen LogP contribution in [0.1, 0.15) is 376 Å². The fourth-order valence-corrected chi connectivity index (χ4v) is 12.8. The van der Waals surface area contributed by atoms with E-state index < -0.39 is 97.5 Å². The molecule has 0 amide bonds. The number of hydrogen-bond donors (Lipinski definition) is 3. The number of ether oxygens (including phenoxy) is 4. The second-order valence-electron chi connectivity index (χ2n) is 28.1. The van der Waals surface area contributed by atoms with E-state index in [2.05, 4.69) is 48.5 Å². The van der Waals surface area contributed by atoms with Gasteiger partial charge in [0.05, 0.1) is 26.4 Å². The van der Waals surface area contributed by atoms with Crippen LogP contribution in [0.15, 0.2) is 0 Å². The van der Waals surface area contributed by atoms with Gasteiger partial charge in [-0.1, -0.05) is 325 Å². The maximum absolute atomic E-state index is 13.1. The number of phosphoric ester groups is 2. The van der Waals surface area contributed by atoms with E-state index in [1.807, 2.05) is 0 Å². The molecule has 0 spiro atoms. The van der Waals surface area contributed by atoms with E-state index in [9.17, 15) is 43.2 Å². The van der Waals surface area contributed by atoms with Gasteiger partial charge >= 0.3 is 39.5 Å². The molecule has 0 saturated carbocycles. The van der Waals surface area contributed by atoms with Gasteiger partial charge in [-0.3, -0.25) is 37.3 Å². The van der Waals surface area contributed by atoms with E-state index in [-0.39, 0.29) is 25.7 Å². The van der Waals surface area contributed by atoms with Crippen LogP contribution in [-0.2, 0) is 65.4 Å². The normalized spacial score (nSPS) is 14.1. The van der Waals surface area contributed by atoms with Crippen LogP contribution in [0, 0.1) is 17.8 Å². The Morgan fingerprint density at radius 3 is 0.731 bits per heavy atom. The van der Waals surface area contributed by atoms with E-state index >= 15 is 0 Å². The molecule has 552 valence electrons. The molecule has 0 aromatic rings. The van der Waals surface area contributed by atoms with Crippen molar-refractivity contribution in [2.24, 2.45) is 17.8 Å². The Balaban J connectivity index is 5.18. The van der Waals surface area contributed by atoms with E-state index in [0.29, 0.717) is 37.5 Å². The van der Waals surface area contributed by atoms with Crippen LogP contribution in [0.5, 0.6) is 0 Å². The third kappa shape index (κ3) is 68.4. The van der Waals surface area contributed by atoms with Gasteiger partial charge in [0.25, 0.3) is 0 Å². The van der Waals surface area contributed by atoms with Gasteiger partial charge in [0.1, 0.15) is 19.3 Å². The van der Waals surface area contributed by atoms with Crippen LogP contribution in [0.2, 0.25) is 0 Å². The van der Waals surface area contributed by atoms with Crippen molar-refractivity contribution in [3.05, 3.63) is 0 Å². The Bertz CT molecular complexity index is 1820. The molecule has 0 aromatic carbocycles. The summed E-state index contributed by atoms with van der Waals surface area (Å²) in [4.78, 5) is 72.6. The topological polar surface area (TPSA) is 237 Å². The smallest absolute Gasteiger partial charge is 0.462 e. The van der Waals surface area contributed by atoms with Crippen LogP contribution in [-0.4, -0.2) is 96.7 Å². The molecule has 2 unspecified atom stereocenters. The molecule has 0 bridgehead atoms. The Labute approximate surface area is 568 Å². The Morgan fingerprint density at radius 2 is 0.495 bits per heavy atom. The summed E-state index contributed by atoms with van der Waals surface area (Å²) in [7, 11) is -9.90. The monoisotopic (exact) mass is 1370 g/mol. The van der Waals surface area contributed by atoms with Gasteiger partial charge in [0.2, 0.25) is 0 Å². The minimum Gasteiger partial charge on any atom is -0.462 e. The zero-order valence-electron chi connectivity index (χ0n) is 60.7. The molecule has 93 heavy (non-hydrogen) atoms. The van der Waals surface area contributed by atoms with Crippen molar-refractivity contribution in [2.45, 2.75) is 394 Å². The summed E-state index contributed by atoms with van der Waals surface area (Å²) >= 11 is 0. The van der Waals surface area contributed by atoms with Gasteiger partial charge in [-0.2, -0.15) is 0 Å². The Hall–Kier alpha value is -1.94. The van der Waals surface area contributed by atoms with E-state index in [1.54, 1.807) is 0 Å². The lowest BCUT2D eigenvalue weighted by Crippen LogP contribution is -2.30. The lowest BCUT2D eigenvalue weighted by Gasteiger charge is -2.21. The summed E-state index contributed by atoms with van der Waals surface area (Å²) in [6.07, 6.45) is 50.4. The molecule has 0 saturated heterocycles. The first-order valence-electron chi connectivity index (χ1n) is 38.3. The Kier molecular flexibility index (Phi) is 63.4. The molecular weight excluding hydrogens is 1220 g/mol. The number of hydrogen-bond acceptors (Lipinski definition) is 15. The molecule has 17 nitrogen and oxygen atoms in total. The van der Waals surface area contributed by atoms with Gasteiger partial charge in [-0.25, -0.2) is 9.13 Å². The first-order valence-corrected chi connectivity index (χ1v) is 41.3. The van der Waals surface area contributed by atoms with Gasteiger partial charge < -0.3 is 33.8 Å². The summed E-state index contributed by atoms with van der Waals surface area (Å²) in [5.41, 5.74) is 0. The predicted octanol–water partition coefficient (Wildman–Crippen LogP) is 21.4. The van der Waals surface area contributed by atoms with Crippen molar-refractivity contribution in [1.29, 1.82) is 0 Å². The summed E-state index contributed by atoms with van der Waals surface area (Å²) in [6.45, 7) is 11.7. The molecule has 0 radical (unpaired) electrons. The molecule has 0 aromatic heterocycles. The number of carbonyl (C=O) groups excluding carboxylic acids is 4. The molecule has 0 aliphatic carbocycles. The number of carbonyl (C=O) groups is 4. The minimum absolute atomic E-state index is 0.102. The maximum atomic E-state index is 13.1. The SMILES string of the molecule is CCCCCCCCCCCCCCCCCCCCCCCC(=O)O[C@H](COC(=O)CCCCCCCCCCCCC(C)C)COP(=O)(O)OC[C@@H](O)COP(=O)(O)OC[C@@H](COC(=O)CCCCCCCCC(C)C)OC(=O)CCCCCCCCCC(C)C. The largest absolute Gasteiger partial charge is 0.472 e. The highest BCUT2D eigenvalue weighted by molar-refractivity contribution is 7.47. The summed E-state index contributed by atoms with van der Waals surface area (Å²) in [5.74, 6) is 0.00639. The van der Waals surface area contributed by atoms with Gasteiger partial charge in [-0.05, 0) is 43.4 Å². The number of esters is 4. The number of aliphatic hydroxyl groups excluding tert-OH is 1. The highest BCUT2D eigenvalue weighted by Gasteiger charge is 2.30. The number of phosphoric acid groups is 2.